The second-order valence-corrected chi connectivity index (χ2v) is 2.21. The Kier molecular flexibility index (Phi) is 6.20. The van der Waals surface area contributed by atoms with Gasteiger partial charge in [0.25, 0.3) is 0 Å². The Balaban J connectivity index is 4.06. The van der Waals surface area contributed by atoms with Gasteiger partial charge in [-0.05, 0) is 0 Å². The molecule has 15 heavy (non-hydrogen) atoms. The zero-order chi connectivity index (χ0) is 11.7. The molecule has 0 aliphatic rings. The van der Waals surface area contributed by atoms with E-state index in [4.69, 9.17) is 11.1 Å². The first-order valence-electron chi connectivity index (χ1n) is 4.16. The molecular weight excluding hydrogens is 204 g/mol. The normalized spacial score (nSPS) is 8.13. The molecule has 0 aromatic rings. The van der Waals surface area contributed by atoms with E-state index in [0.29, 0.717) is 0 Å². The monoisotopic (exact) mass is 214 g/mol. The van der Waals surface area contributed by atoms with Crippen molar-refractivity contribution in [2.75, 3.05) is 0 Å². The highest BCUT2D eigenvalue weighted by molar-refractivity contribution is 5.82. The number of carbonyl (C=O) groups is 1. The zero-order valence-electron chi connectivity index (χ0n) is 8.34. The molecule has 0 saturated carbocycles. The number of hydrogen-bond acceptors (Lipinski definition) is 4. The summed E-state index contributed by atoms with van der Waals surface area (Å²) in [7, 11) is 0. The minimum Gasteiger partial charge on any atom is -0.357 e. The molecule has 0 N–H and O–H groups in total. The summed E-state index contributed by atoms with van der Waals surface area (Å²) in [5.74, 6) is -0.409. The van der Waals surface area contributed by atoms with Crippen molar-refractivity contribution in [3.05, 3.63) is 11.1 Å². The molecular formula is C7H10N4O4. The topological polar surface area (TPSA) is 118 Å². The van der Waals surface area contributed by atoms with E-state index < -0.39 is 6.16 Å². The first-order valence-corrected chi connectivity index (χ1v) is 4.16. The summed E-state index contributed by atoms with van der Waals surface area (Å²) in [5.41, 5.74) is 16.6. The molecule has 0 rings (SSSR count). The van der Waals surface area contributed by atoms with Crippen molar-refractivity contribution in [3.8, 4) is 0 Å². The highest BCUT2D eigenvalue weighted by Crippen LogP contribution is 1.93. The largest absolute Gasteiger partial charge is 0.560 e. The Labute approximate surface area is 85.5 Å². The lowest BCUT2D eigenvalue weighted by Gasteiger charge is -1.96. The first-order chi connectivity index (χ1) is 7.17. The Morgan fingerprint density at radius 1 is 1.07 bits per heavy atom. The molecule has 0 unspecified atom stereocenters. The maximum absolute atomic E-state index is 10.8. The van der Waals surface area contributed by atoms with Gasteiger partial charge in [0.15, 0.2) is 0 Å². The van der Waals surface area contributed by atoms with Gasteiger partial charge in [-0.15, -0.1) is 9.58 Å². The zero-order valence-corrected chi connectivity index (χ0v) is 8.34. The average molecular weight is 214 g/mol. The minimum absolute atomic E-state index is 0.189. The van der Waals surface area contributed by atoms with Crippen molar-refractivity contribution in [3.63, 3.8) is 0 Å². The van der Waals surface area contributed by atoms with Gasteiger partial charge in [0, 0.05) is 0 Å². The van der Waals surface area contributed by atoms with Crippen molar-refractivity contribution in [2.45, 2.75) is 26.7 Å². The smallest absolute Gasteiger partial charge is 0.357 e. The van der Waals surface area contributed by atoms with Gasteiger partial charge in [-0.25, -0.2) is 4.89 Å². The number of nitrogens with zero attached hydrogens (tertiary/aromatic N) is 4. The van der Waals surface area contributed by atoms with Crippen LogP contribution in [0.3, 0.4) is 0 Å². The number of hydrogen-bond donors (Lipinski definition) is 0. The lowest BCUT2D eigenvalue weighted by molar-refractivity contribution is -0.214. The third kappa shape index (κ3) is 5.20. The van der Waals surface area contributed by atoms with Crippen molar-refractivity contribution in [1.82, 2.24) is 0 Å². The van der Waals surface area contributed by atoms with Crippen LogP contribution in [0, 0.1) is 0 Å². The lowest BCUT2D eigenvalue weighted by atomic mass is 10.5. The quantitative estimate of drug-likeness (QED) is 0.130. The van der Waals surface area contributed by atoms with E-state index in [2.05, 4.69) is 24.1 Å². The number of ether oxygens (including phenoxy) is 1. The van der Waals surface area contributed by atoms with Gasteiger partial charge in [0.1, 0.15) is 0 Å². The second kappa shape index (κ2) is 7.25. The molecule has 0 radical (unpaired) electrons. The first kappa shape index (κ1) is 12.8. The van der Waals surface area contributed by atoms with Crippen molar-refractivity contribution in [2.24, 2.45) is 0 Å². The Morgan fingerprint density at radius 2 is 1.60 bits per heavy atom. The summed E-state index contributed by atoms with van der Waals surface area (Å²) >= 11 is 0. The molecule has 8 heteroatoms. The molecule has 0 spiro atoms. The molecule has 0 aliphatic carbocycles. The third-order valence-electron chi connectivity index (χ3n) is 1.24. The summed E-state index contributed by atoms with van der Waals surface area (Å²) < 4.78 is 4.37. The van der Waals surface area contributed by atoms with Gasteiger partial charge in [-0.3, -0.25) is 0 Å². The molecule has 0 aliphatic heterocycles. The summed E-state index contributed by atoms with van der Waals surface area (Å²) in [5, 5.41) is 0. The van der Waals surface area contributed by atoms with Crippen LogP contribution in [-0.4, -0.2) is 27.5 Å². The molecule has 0 fully saturated rings. The van der Waals surface area contributed by atoms with Crippen LogP contribution in [0.2, 0.25) is 0 Å². The van der Waals surface area contributed by atoms with Crippen LogP contribution in [-0.2, 0) is 14.5 Å². The third-order valence-corrected chi connectivity index (χ3v) is 1.24. The predicted octanol–water partition coefficient (Wildman–Crippen LogP) is 1.15. The highest BCUT2D eigenvalue weighted by atomic mass is 17.2. The highest BCUT2D eigenvalue weighted by Gasteiger charge is 2.18. The van der Waals surface area contributed by atoms with Crippen LogP contribution in [0.25, 0.3) is 11.1 Å². The van der Waals surface area contributed by atoms with E-state index in [-0.39, 0.29) is 24.6 Å². The SMILES string of the molecule is CCC(=[N+]=[N-])OOC(=O)OC(CC)=[N+]=[N-]. The molecule has 8 nitrogen and oxygen atoms in total. The number of rotatable bonds is 2. The van der Waals surface area contributed by atoms with E-state index in [1.54, 1.807) is 13.8 Å². The van der Waals surface area contributed by atoms with Gasteiger partial charge in [-0.1, -0.05) is 13.8 Å². The minimum atomic E-state index is -1.22. The van der Waals surface area contributed by atoms with E-state index in [1.165, 1.54) is 0 Å². The van der Waals surface area contributed by atoms with Crippen LogP contribution in [0.5, 0.6) is 0 Å². The second-order valence-electron chi connectivity index (χ2n) is 2.21. The maximum Gasteiger partial charge on any atom is 0.560 e. The van der Waals surface area contributed by atoms with Gasteiger partial charge in [0.2, 0.25) is 0 Å². The van der Waals surface area contributed by atoms with Crippen LogP contribution in [0.15, 0.2) is 0 Å². The summed E-state index contributed by atoms with van der Waals surface area (Å²) in [4.78, 5) is 24.5. The van der Waals surface area contributed by atoms with Crippen LogP contribution in [0.4, 0.5) is 4.79 Å². The number of carbonyl (C=O) groups excluding carboxylic acids is 1. The predicted molar refractivity (Wildman–Crippen MR) is 46.5 cm³/mol. The summed E-state index contributed by atoms with van der Waals surface area (Å²) in [6.45, 7) is 3.23. The Bertz CT molecular complexity index is 328. The van der Waals surface area contributed by atoms with Gasteiger partial charge >= 0.3 is 18.0 Å². The molecule has 0 bridgehead atoms. The van der Waals surface area contributed by atoms with Crippen molar-refractivity contribution < 1.29 is 28.9 Å². The summed E-state index contributed by atoms with van der Waals surface area (Å²) in [6.07, 6.45) is -0.780. The maximum atomic E-state index is 10.8. The van der Waals surface area contributed by atoms with E-state index >= 15 is 0 Å². The standard InChI is InChI=1S/C7H10N4O4/c1-3-5(10-8)13-7(12)15-14-6(4-2)11-9/h3-4H2,1-2H3. The van der Waals surface area contributed by atoms with Crippen LogP contribution >= 0.6 is 0 Å². The fourth-order valence-corrected chi connectivity index (χ4v) is 0.505. The average Bonchev–Trinajstić information content (AvgIpc) is 2.27. The van der Waals surface area contributed by atoms with E-state index in [1.807, 2.05) is 0 Å². The van der Waals surface area contributed by atoms with E-state index in [9.17, 15) is 4.79 Å². The van der Waals surface area contributed by atoms with Crippen LogP contribution < -0.4 is 0 Å². The van der Waals surface area contributed by atoms with Crippen molar-refractivity contribution in [1.29, 1.82) is 0 Å². The van der Waals surface area contributed by atoms with Gasteiger partial charge in [-0.2, -0.15) is 9.68 Å². The van der Waals surface area contributed by atoms with Crippen LogP contribution in [0.1, 0.15) is 26.7 Å². The van der Waals surface area contributed by atoms with E-state index in [0.717, 1.165) is 0 Å². The Morgan fingerprint density at radius 3 is 2.00 bits per heavy atom. The molecule has 0 atom stereocenters. The summed E-state index contributed by atoms with van der Waals surface area (Å²) in [6, 6.07) is 0. The Hall–Kier alpha value is -2.17. The van der Waals surface area contributed by atoms with Crippen molar-refractivity contribution >= 4 is 18.0 Å². The van der Waals surface area contributed by atoms with Gasteiger partial charge < -0.3 is 15.8 Å². The molecule has 0 aromatic heterocycles. The fourth-order valence-electron chi connectivity index (χ4n) is 0.505. The molecule has 0 aromatic carbocycles. The lowest BCUT2D eigenvalue weighted by Crippen LogP contribution is -2.16. The molecule has 0 heterocycles. The molecule has 0 saturated heterocycles. The molecule has 0 amide bonds. The fraction of sp³-hybridized carbons (Fsp3) is 0.571. The van der Waals surface area contributed by atoms with Gasteiger partial charge in [0.05, 0.1) is 12.8 Å². The molecule has 82 valence electrons.